The lowest BCUT2D eigenvalue weighted by Crippen LogP contribution is -2.27. The second-order valence-corrected chi connectivity index (χ2v) is 4.54. The minimum Gasteiger partial charge on any atom is -0.409 e. The number of nitrogens with one attached hydrogen (secondary N) is 1. The van der Waals surface area contributed by atoms with Crippen LogP contribution in [0.2, 0.25) is 0 Å². The maximum absolute atomic E-state index is 11.9. The maximum atomic E-state index is 11.9. The van der Waals surface area contributed by atoms with Crippen LogP contribution >= 0.6 is 0 Å². The van der Waals surface area contributed by atoms with Crippen LogP contribution in [0.1, 0.15) is 16.8 Å². The number of carbonyl (C=O) groups excluding carboxylic acids is 1. The van der Waals surface area contributed by atoms with Crippen LogP contribution in [0.25, 0.3) is 11.1 Å². The Morgan fingerprint density at radius 1 is 1.05 bits per heavy atom. The lowest BCUT2D eigenvalue weighted by atomic mass is 10.0. The molecule has 2 aromatic rings. The van der Waals surface area contributed by atoms with E-state index < -0.39 is 0 Å². The van der Waals surface area contributed by atoms with E-state index in [0.29, 0.717) is 18.5 Å². The molecule has 0 aliphatic heterocycles. The van der Waals surface area contributed by atoms with Gasteiger partial charge in [0.1, 0.15) is 5.84 Å². The van der Waals surface area contributed by atoms with Gasteiger partial charge in [-0.15, -0.1) is 0 Å². The quantitative estimate of drug-likeness (QED) is 0.340. The lowest BCUT2D eigenvalue weighted by Gasteiger charge is -2.06. The van der Waals surface area contributed by atoms with Gasteiger partial charge in [0.15, 0.2) is 0 Å². The first-order valence-electron chi connectivity index (χ1n) is 6.61. The zero-order valence-electron chi connectivity index (χ0n) is 11.5. The van der Waals surface area contributed by atoms with Crippen molar-refractivity contribution in [3.05, 3.63) is 60.2 Å². The topological polar surface area (TPSA) is 87.7 Å². The number of oxime groups is 1. The Morgan fingerprint density at radius 2 is 1.67 bits per heavy atom. The van der Waals surface area contributed by atoms with Crippen molar-refractivity contribution in [2.45, 2.75) is 6.42 Å². The van der Waals surface area contributed by atoms with Crippen LogP contribution in [-0.2, 0) is 0 Å². The summed E-state index contributed by atoms with van der Waals surface area (Å²) in [5.74, 6) is -0.0879. The first-order valence-corrected chi connectivity index (χ1v) is 6.61. The number of nitrogens with two attached hydrogens (primary N) is 1. The molecule has 0 radical (unpaired) electrons. The van der Waals surface area contributed by atoms with Gasteiger partial charge in [0.05, 0.1) is 0 Å². The monoisotopic (exact) mass is 283 g/mol. The van der Waals surface area contributed by atoms with E-state index in [2.05, 4.69) is 10.5 Å². The molecule has 2 rings (SSSR count). The molecule has 0 saturated heterocycles. The van der Waals surface area contributed by atoms with Gasteiger partial charge in [0, 0.05) is 18.5 Å². The van der Waals surface area contributed by atoms with E-state index >= 15 is 0 Å². The molecule has 108 valence electrons. The van der Waals surface area contributed by atoms with Crippen molar-refractivity contribution in [3.8, 4) is 11.1 Å². The molecular weight excluding hydrogens is 266 g/mol. The number of amides is 1. The van der Waals surface area contributed by atoms with Crippen LogP contribution in [0.5, 0.6) is 0 Å². The molecule has 0 aliphatic carbocycles. The molecule has 0 aromatic heterocycles. The molecule has 21 heavy (non-hydrogen) atoms. The fourth-order valence-corrected chi connectivity index (χ4v) is 1.90. The van der Waals surface area contributed by atoms with Crippen molar-refractivity contribution in [3.63, 3.8) is 0 Å². The summed E-state index contributed by atoms with van der Waals surface area (Å²) in [4.78, 5) is 11.9. The molecule has 0 atom stereocenters. The molecule has 5 heteroatoms. The van der Waals surface area contributed by atoms with E-state index in [-0.39, 0.29) is 11.7 Å². The minimum atomic E-state index is -0.180. The van der Waals surface area contributed by atoms with Crippen molar-refractivity contribution < 1.29 is 10.0 Å². The number of carbonyl (C=O) groups is 1. The molecule has 0 fully saturated rings. The number of hydrogen-bond acceptors (Lipinski definition) is 3. The molecule has 0 unspecified atom stereocenters. The van der Waals surface area contributed by atoms with Crippen LogP contribution in [-0.4, -0.2) is 23.5 Å². The summed E-state index contributed by atoms with van der Waals surface area (Å²) in [5, 5.41) is 14.0. The molecule has 0 bridgehead atoms. The van der Waals surface area contributed by atoms with Gasteiger partial charge in [0.25, 0.3) is 5.91 Å². The molecule has 0 saturated carbocycles. The number of nitrogens with zero attached hydrogens (tertiary/aromatic N) is 1. The Kier molecular flexibility index (Phi) is 4.93. The highest BCUT2D eigenvalue weighted by molar-refractivity contribution is 5.95. The summed E-state index contributed by atoms with van der Waals surface area (Å²) in [6.07, 6.45) is 0.310. The third kappa shape index (κ3) is 4.07. The molecule has 0 aliphatic rings. The normalized spacial score (nSPS) is 11.1. The smallest absolute Gasteiger partial charge is 0.251 e. The zero-order valence-corrected chi connectivity index (χ0v) is 11.5. The van der Waals surface area contributed by atoms with E-state index in [0.717, 1.165) is 11.1 Å². The highest BCUT2D eigenvalue weighted by atomic mass is 16.4. The van der Waals surface area contributed by atoms with Gasteiger partial charge in [-0.3, -0.25) is 4.79 Å². The Bertz CT molecular complexity index is 622. The van der Waals surface area contributed by atoms with E-state index in [1.807, 2.05) is 42.5 Å². The second kappa shape index (κ2) is 7.09. The number of rotatable bonds is 5. The molecule has 4 N–H and O–H groups in total. The number of amidine groups is 1. The number of benzene rings is 2. The van der Waals surface area contributed by atoms with E-state index in [4.69, 9.17) is 10.9 Å². The van der Waals surface area contributed by atoms with Crippen molar-refractivity contribution in [1.82, 2.24) is 5.32 Å². The average molecular weight is 283 g/mol. The molecular formula is C16H17N3O2. The predicted octanol–water partition coefficient (Wildman–Crippen LogP) is 2.22. The van der Waals surface area contributed by atoms with Gasteiger partial charge in [-0.2, -0.15) is 0 Å². The van der Waals surface area contributed by atoms with Crippen LogP contribution in [0.4, 0.5) is 0 Å². The Morgan fingerprint density at radius 3 is 2.29 bits per heavy atom. The fourth-order valence-electron chi connectivity index (χ4n) is 1.90. The van der Waals surface area contributed by atoms with Crippen LogP contribution in [0.3, 0.4) is 0 Å². The van der Waals surface area contributed by atoms with E-state index in [9.17, 15) is 4.79 Å². The fraction of sp³-hybridized carbons (Fsp3) is 0.125. The van der Waals surface area contributed by atoms with Crippen molar-refractivity contribution in [1.29, 1.82) is 0 Å². The first-order chi connectivity index (χ1) is 10.2. The molecule has 1 amide bonds. The SMILES string of the molecule is NC(CCNC(=O)c1ccc(-c2ccccc2)cc1)=NO. The Hall–Kier alpha value is -2.82. The van der Waals surface area contributed by atoms with Crippen LogP contribution < -0.4 is 11.1 Å². The predicted molar refractivity (Wildman–Crippen MR) is 82.2 cm³/mol. The second-order valence-electron chi connectivity index (χ2n) is 4.54. The largest absolute Gasteiger partial charge is 0.409 e. The maximum Gasteiger partial charge on any atom is 0.251 e. The molecule has 0 heterocycles. The molecule has 2 aromatic carbocycles. The third-order valence-electron chi connectivity index (χ3n) is 3.05. The minimum absolute atomic E-state index is 0.0923. The Balaban J connectivity index is 1.97. The van der Waals surface area contributed by atoms with Crippen molar-refractivity contribution in [2.75, 3.05) is 6.54 Å². The summed E-state index contributed by atoms with van der Waals surface area (Å²) < 4.78 is 0. The van der Waals surface area contributed by atoms with Crippen molar-refractivity contribution in [2.24, 2.45) is 10.9 Å². The van der Waals surface area contributed by atoms with Crippen LogP contribution in [0, 0.1) is 0 Å². The molecule has 0 spiro atoms. The van der Waals surface area contributed by atoms with Crippen molar-refractivity contribution >= 4 is 11.7 Å². The van der Waals surface area contributed by atoms with Gasteiger partial charge >= 0.3 is 0 Å². The van der Waals surface area contributed by atoms with Gasteiger partial charge < -0.3 is 16.3 Å². The van der Waals surface area contributed by atoms with Crippen LogP contribution in [0.15, 0.2) is 59.8 Å². The summed E-state index contributed by atoms with van der Waals surface area (Å²) in [5.41, 5.74) is 8.08. The zero-order chi connectivity index (χ0) is 15.1. The highest BCUT2D eigenvalue weighted by Gasteiger charge is 2.05. The third-order valence-corrected chi connectivity index (χ3v) is 3.05. The van der Waals surface area contributed by atoms with Gasteiger partial charge in [-0.05, 0) is 23.3 Å². The Labute approximate surface area is 123 Å². The summed E-state index contributed by atoms with van der Waals surface area (Å²) in [6, 6.07) is 17.3. The summed E-state index contributed by atoms with van der Waals surface area (Å²) in [6.45, 7) is 0.329. The average Bonchev–Trinajstić information content (AvgIpc) is 2.55. The summed E-state index contributed by atoms with van der Waals surface area (Å²) >= 11 is 0. The van der Waals surface area contributed by atoms with Gasteiger partial charge in [0.2, 0.25) is 0 Å². The highest BCUT2D eigenvalue weighted by Crippen LogP contribution is 2.19. The summed E-state index contributed by atoms with van der Waals surface area (Å²) in [7, 11) is 0. The van der Waals surface area contributed by atoms with Gasteiger partial charge in [-0.25, -0.2) is 0 Å². The van der Waals surface area contributed by atoms with Gasteiger partial charge in [-0.1, -0.05) is 47.6 Å². The number of hydrogen-bond donors (Lipinski definition) is 3. The molecule has 5 nitrogen and oxygen atoms in total. The van der Waals surface area contributed by atoms with E-state index in [1.165, 1.54) is 0 Å². The lowest BCUT2D eigenvalue weighted by molar-refractivity contribution is 0.0954. The van der Waals surface area contributed by atoms with E-state index in [1.54, 1.807) is 12.1 Å². The first kappa shape index (κ1) is 14.6. The standard InChI is InChI=1S/C16H17N3O2/c17-15(19-21)10-11-18-16(20)14-8-6-13(7-9-14)12-4-2-1-3-5-12/h1-9,21H,10-11H2,(H2,17,19)(H,18,20).